The van der Waals surface area contributed by atoms with E-state index in [0.29, 0.717) is 5.82 Å². The summed E-state index contributed by atoms with van der Waals surface area (Å²) in [5, 5.41) is 12.9. The molecule has 2 heterocycles. The van der Waals surface area contributed by atoms with Gasteiger partial charge in [-0.25, -0.2) is 14.6 Å². The molecule has 0 aromatic carbocycles. The zero-order valence-electron chi connectivity index (χ0n) is 9.16. The van der Waals surface area contributed by atoms with Crippen molar-refractivity contribution in [3.8, 4) is 0 Å². The van der Waals surface area contributed by atoms with Crippen LogP contribution in [0.4, 0.5) is 5.95 Å². The number of nitrogen functional groups attached to an aromatic ring is 1. The molecule has 0 aliphatic rings. The first-order chi connectivity index (χ1) is 8.15. The normalized spacial score (nSPS) is 12.3. The average Bonchev–Trinajstić information content (AvgIpc) is 2.89. The molecule has 2 aromatic heterocycles. The highest BCUT2D eigenvalue weighted by Gasteiger charge is 2.12. The van der Waals surface area contributed by atoms with Crippen molar-refractivity contribution < 1.29 is 4.79 Å². The van der Waals surface area contributed by atoms with Crippen LogP contribution in [-0.4, -0.2) is 35.9 Å². The Balaban J connectivity index is 1.89. The number of carbonyl (C=O) groups excluding carboxylic acids is 1. The molecule has 90 valence electrons. The molecule has 9 nitrogen and oxygen atoms in total. The van der Waals surface area contributed by atoms with Crippen LogP contribution in [-0.2, 0) is 11.3 Å². The maximum Gasteiger partial charge on any atom is 0.242 e. The van der Waals surface area contributed by atoms with Crippen molar-refractivity contribution in [2.75, 3.05) is 5.73 Å². The van der Waals surface area contributed by atoms with Gasteiger partial charge < -0.3 is 11.1 Å². The molecule has 0 aliphatic carbocycles. The highest BCUT2D eigenvalue weighted by molar-refractivity contribution is 5.75. The molecule has 0 fully saturated rings. The zero-order chi connectivity index (χ0) is 12.3. The van der Waals surface area contributed by atoms with Gasteiger partial charge in [-0.1, -0.05) is 0 Å². The third-order valence-corrected chi connectivity index (χ3v) is 2.08. The van der Waals surface area contributed by atoms with Gasteiger partial charge in [-0.2, -0.15) is 5.10 Å². The SMILES string of the molecule is CC(NC(=O)Cn1cnc(N)n1)c1ncn[nH]1. The molecule has 17 heavy (non-hydrogen) atoms. The van der Waals surface area contributed by atoms with Gasteiger partial charge in [0.1, 0.15) is 25.0 Å². The summed E-state index contributed by atoms with van der Waals surface area (Å²) in [6, 6.07) is -0.245. The van der Waals surface area contributed by atoms with Crippen LogP contribution in [0.15, 0.2) is 12.7 Å². The Morgan fingerprint density at radius 1 is 1.65 bits per heavy atom. The van der Waals surface area contributed by atoms with Gasteiger partial charge in [-0.3, -0.25) is 9.89 Å². The molecule has 4 N–H and O–H groups in total. The van der Waals surface area contributed by atoms with Crippen molar-refractivity contribution in [1.29, 1.82) is 0 Å². The molecule has 1 atom stereocenters. The minimum atomic E-state index is -0.245. The maximum atomic E-state index is 11.6. The number of nitrogens with two attached hydrogens (primary N) is 1. The number of nitrogens with one attached hydrogen (secondary N) is 2. The van der Waals surface area contributed by atoms with Gasteiger partial charge in [0, 0.05) is 0 Å². The Bertz CT molecular complexity index is 489. The van der Waals surface area contributed by atoms with Crippen molar-refractivity contribution in [1.82, 2.24) is 35.3 Å². The van der Waals surface area contributed by atoms with Crippen LogP contribution < -0.4 is 11.1 Å². The fourth-order valence-electron chi connectivity index (χ4n) is 1.31. The molecular formula is C8H12N8O. The number of carbonyl (C=O) groups is 1. The Morgan fingerprint density at radius 2 is 2.47 bits per heavy atom. The molecule has 2 rings (SSSR count). The third-order valence-electron chi connectivity index (χ3n) is 2.08. The molecule has 2 aromatic rings. The summed E-state index contributed by atoms with van der Waals surface area (Å²) in [6.45, 7) is 1.86. The second-order valence-corrected chi connectivity index (χ2v) is 3.46. The number of aromatic nitrogens is 6. The lowest BCUT2D eigenvalue weighted by Gasteiger charge is -2.10. The summed E-state index contributed by atoms with van der Waals surface area (Å²) < 4.78 is 1.36. The zero-order valence-corrected chi connectivity index (χ0v) is 9.16. The first kappa shape index (κ1) is 11.0. The van der Waals surface area contributed by atoms with Crippen LogP contribution in [0.3, 0.4) is 0 Å². The summed E-state index contributed by atoms with van der Waals surface area (Å²) in [6.07, 6.45) is 2.78. The summed E-state index contributed by atoms with van der Waals surface area (Å²) in [5.74, 6) is 0.524. The fraction of sp³-hybridized carbons (Fsp3) is 0.375. The summed E-state index contributed by atoms with van der Waals surface area (Å²) >= 11 is 0. The van der Waals surface area contributed by atoms with E-state index in [4.69, 9.17) is 5.73 Å². The molecule has 0 radical (unpaired) electrons. The van der Waals surface area contributed by atoms with Gasteiger partial charge in [-0.15, -0.1) is 5.10 Å². The number of hydrogen-bond acceptors (Lipinski definition) is 6. The number of hydrogen-bond donors (Lipinski definition) is 3. The smallest absolute Gasteiger partial charge is 0.242 e. The molecule has 0 saturated carbocycles. The number of anilines is 1. The van der Waals surface area contributed by atoms with Gasteiger partial charge >= 0.3 is 0 Å². The monoisotopic (exact) mass is 236 g/mol. The van der Waals surface area contributed by atoms with Crippen LogP contribution in [0.25, 0.3) is 0 Å². The van der Waals surface area contributed by atoms with E-state index in [2.05, 4.69) is 30.6 Å². The van der Waals surface area contributed by atoms with Crippen LogP contribution >= 0.6 is 0 Å². The van der Waals surface area contributed by atoms with E-state index in [1.807, 2.05) is 0 Å². The quantitative estimate of drug-likeness (QED) is 0.615. The van der Waals surface area contributed by atoms with Gasteiger partial charge in [0.2, 0.25) is 11.9 Å². The molecule has 0 aliphatic heterocycles. The van der Waals surface area contributed by atoms with Gasteiger partial charge in [0.05, 0.1) is 6.04 Å². The predicted octanol–water partition coefficient (Wildman–Crippen LogP) is -1.14. The highest BCUT2D eigenvalue weighted by Crippen LogP contribution is 2.03. The topological polar surface area (TPSA) is 127 Å². The maximum absolute atomic E-state index is 11.6. The molecule has 9 heteroatoms. The van der Waals surface area contributed by atoms with E-state index in [-0.39, 0.29) is 24.4 Å². The van der Waals surface area contributed by atoms with Crippen LogP contribution in [0, 0.1) is 0 Å². The minimum absolute atomic E-state index is 0.0582. The molecule has 0 spiro atoms. The Morgan fingerprint density at radius 3 is 3.06 bits per heavy atom. The van der Waals surface area contributed by atoms with E-state index < -0.39 is 0 Å². The largest absolute Gasteiger partial charge is 0.367 e. The molecule has 0 bridgehead atoms. The third kappa shape index (κ3) is 2.77. The van der Waals surface area contributed by atoms with Gasteiger partial charge in [-0.05, 0) is 6.92 Å². The second kappa shape index (κ2) is 4.60. The molecule has 1 unspecified atom stereocenters. The number of H-pyrrole nitrogens is 1. The van der Waals surface area contributed by atoms with Crippen molar-refractivity contribution in [2.45, 2.75) is 19.5 Å². The Labute approximate surface area is 96.4 Å². The second-order valence-electron chi connectivity index (χ2n) is 3.46. The van der Waals surface area contributed by atoms with E-state index in [9.17, 15) is 4.79 Å². The first-order valence-corrected chi connectivity index (χ1v) is 4.94. The van der Waals surface area contributed by atoms with E-state index >= 15 is 0 Å². The lowest BCUT2D eigenvalue weighted by atomic mass is 10.3. The van der Waals surface area contributed by atoms with Crippen molar-refractivity contribution >= 4 is 11.9 Å². The fourth-order valence-corrected chi connectivity index (χ4v) is 1.31. The van der Waals surface area contributed by atoms with E-state index in [1.54, 1.807) is 6.92 Å². The Kier molecular flexibility index (Phi) is 2.99. The molecule has 1 amide bonds. The predicted molar refractivity (Wildman–Crippen MR) is 57.4 cm³/mol. The minimum Gasteiger partial charge on any atom is -0.367 e. The van der Waals surface area contributed by atoms with Crippen molar-refractivity contribution in [2.24, 2.45) is 0 Å². The van der Waals surface area contributed by atoms with Crippen molar-refractivity contribution in [3.63, 3.8) is 0 Å². The highest BCUT2D eigenvalue weighted by atomic mass is 16.2. The van der Waals surface area contributed by atoms with Crippen LogP contribution in [0.1, 0.15) is 18.8 Å². The number of amides is 1. The van der Waals surface area contributed by atoms with Crippen LogP contribution in [0.2, 0.25) is 0 Å². The lowest BCUT2D eigenvalue weighted by Crippen LogP contribution is -2.30. The molecular weight excluding hydrogens is 224 g/mol. The molecule has 0 saturated heterocycles. The number of aromatic amines is 1. The van der Waals surface area contributed by atoms with E-state index in [0.717, 1.165) is 0 Å². The van der Waals surface area contributed by atoms with Crippen LogP contribution in [0.5, 0.6) is 0 Å². The number of rotatable bonds is 4. The summed E-state index contributed by atoms with van der Waals surface area (Å²) in [7, 11) is 0. The number of nitrogens with zero attached hydrogens (tertiary/aromatic N) is 5. The van der Waals surface area contributed by atoms with Crippen molar-refractivity contribution in [3.05, 3.63) is 18.5 Å². The lowest BCUT2D eigenvalue weighted by molar-refractivity contribution is -0.122. The van der Waals surface area contributed by atoms with Gasteiger partial charge in [0.25, 0.3) is 0 Å². The van der Waals surface area contributed by atoms with Gasteiger partial charge in [0.15, 0.2) is 0 Å². The summed E-state index contributed by atoms with van der Waals surface area (Å²) in [4.78, 5) is 19.3. The Hall–Kier alpha value is -2.45. The average molecular weight is 236 g/mol. The first-order valence-electron chi connectivity index (χ1n) is 4.94. The standard InChI is InChI=1S/C8H12N8O/c1-5(7-10-3-12-14-7)13-6(17)2-16-4-11-8(9)15-16/h3-5H,2H2,1H3,(H2,9,15)(H,13,17)(H,10,12,14). The van der Waals surface area contributed by atoms with E-state index in [1.165, 1.54) is 17.3 Å². The summed E-state index contributed by atoms with van der Waals surface area (Å²) in [5.41, 5.74) is 5.33.